The minimum Gasteiger partial charge on any atom is -0.366 e. The summed E-state index contributed by atoms with van der Waals surface area (Å²) >= 11 is 0. The molecule has 146 valence electrons. The zero-order valence-electron chi connectivity index (χ0n) is 15.7. The van der Waals surface area contributed by atoms with E-state index in [1.807, 2.05) is 6.07 Å². The predicted octanol–water partition coefficient (Wildman–Crippen LogP) is 2.30. The number of piperidine rings is 1. The number of fused-ring (bicyclic) bond motifs is 1. The number of amides is 1. The van der Waals surface area contributed by atoms with Crippen molar-refractivity contribution in [1.29, 1.82) is 0 Å². The van der Waals surface area contributed by atoms with Crippen LogP contribution in [0, 0.1) is 5.82 Å². The first-order valence-corrected chi connectivity index (χ1v) is 9.40. The maximum Gasteiger partial charge on any atom is 0.256 e. The molecule has 0 aliphatic carbocycles. The number of nitrogens with one attached hydrogen (secondary N) is 2. The first kappa shape index (κ1) is 18.4. The summed E-state index contributed by atoms with van der Waals surface area (Å²) in [7, 11) is 2.09. The summed E-state index contributed by atoms with van der Waals surface area (Å²) in [5, 5.41) is 10.5. The fourth-order valence-electron chi connectivity index (χ4n) is 3.38. The van der Waals surface area contributed by atoms with E-state index >= 15 is 0 Å². The number of benzene rings is 1. The largest absolute Gasteiger partial charge is 0.366 e. The molecule has 2 N–H and O–H groups in total. The van der Waals surface area contributed by atoms with E-state index in [0.717, 1.165) is 31.5 Å². The lowest BCUT2D eigenvalue weighted by atomic mass is 10.1. The van der Waals surface area contributed by atoms with Crippen molar-refractivity contribution in [3.05, 3.63) is 59.7 Å². The van der Waals surface area contributed by atoms with Crippen LogP contribution >= 0.6 is 0 Å². The molecule has 3 aromatic rings. The number of halogens is 1. The molecular formula is C20H23FN6O. The molecule has 1 saturated heterocycles. The predicted molar refractivity (Wildman–Crippen MR) is 105 cm³/mol. The Labute approximate surface area is 162 Å². The van der Waals surface area contributed by atoms with Gasteiger partial charge in [-0.05, 0) is 56.7 Å². The van der Waals surface area contributed by atoms with Gasteiger partial charge in [0.15, 0.2) is 5.65 Å². The summed E-state index contributed by atoms with van der Waals surface area (Å²) in [5.41, 5.74) is 1.76. The second kappa shape index (κ2) is 7.93. The normalized spacial score (nSPS) is 15.6. The third-order valence-electron chi connectivity index (χ3n) is 5.03. The van der Waals surface area contributed by atoms with Crippen LogP contribution < -0.4 is 10.6 Å². The number of likely N-dealkylation sites (tertiary alicyclic amines) is 1. The molecule has 4 rings (SSSR count). The van der Waals surface area contributed by atoms with E-state index in [1.54, 1.807) is 29.0 Å². The molecule has 0 bridgehead atoms. The molecule has 3 heterocycles. The van der Waals surface area contributed by atoms with Gasteiger partial charge in [0.25, 0.3) is 5.91 Å². The topological polar surface area (TPSA) is 74.6 Å². The molecule has 8 heteroatoms. The molecule has 1 fully saturated rings. The molecule has 0 unspecified atom stereocenters. The van der Waals surface area contributed by atoms with Gasteiger partial charge in [-0.3, -0.25) is 4.79 Å². The van der Waals surface area contributed by atoms with Gasteiger partial charge in [0, 0.05) is 18.8 Å². The highest BCUT2D eigenvalue weighted by Crippen LogP contribution is 2.15. The fraction of sp³-hybridized carbons (Fsp3) is 0.350. The summed E-state index contributed by atoms with van der Waals surface area (Å²) in [6.07, 6.45) is 5.18. The first-order chi connectivity index (χ1) is 13.6. The van der Waals surface area contributed by atoms with Crippen LogP contribution in [0.2, 0.25) is 0 Å². The maximum atomic E-state index is 13.3. The molecule has 2 aromatic heterocycles. The van der Waals surface area contributed by atoms with Gasteiger partial charge < -0.3 is 15.5 Å². The molecule has 7 nitrogen and oxygen atoms in total. The second-order valence-electron chi connectivity index (χ2n) is 7.17. The van der Waals surface area contributed by atoms with E-state index in [2.05, 4.69) is 32.7 Å². The fourth-order valence-corrected chi connectivity index (χ4v) is 3.38. The Balaban J connectivity index is 1.47. The Kier molecular flexibility index (Phi) is 5.21. The number of nitrogens with zero attached hydrogens (tertiary/aromatic N) is 4. The lowest BCUT2D eigenvalue weighted by molar-refractivity contribution is 0.0918. The second-order valence-corrected chi connectivity index (χ2v) is 7.17. The number of rotatable bonds is 5. The Morgan fingerprint density at radius 2 is 2.11 bits per heavy atom. The van der Waals surface area contributed by atoms with Crippen molar-refractivity contribution in [2.24, 2.45) is 0 Å². The van der Waals surface area contributed by atoms with E-state index in [4.69, 9.17) is 0 Å². The number of hydrogen-bond donors (Lipinski definition) is 2. The summed E-state index contributed by atoms with van der Waals surface area (Å²) in [4.78, 5) is 19.5. The number of aromatic nitrogens is 3. The van der Waals surface area contributed by atoms with Crippen LogP contribution in [0.5, 0.6) is 0 Å². The summed E-state index contributed by atoms with van der Waals surface area (Å²) in [6.45, 7) is 2.39. The summed E-state index contributed by atoms with van der Waals surface area (Å²) < 4.78 is 14.9. The molecule has 1 aliphatic heterocycles. The van der Waals surface area contributed by atoms with Crippen LogP contribution in [-0.4, -0.2) is 51.6 Å². The van der Waals surface area contributed by atoms with Gasteiger partial charge in [-0.2, -0.15) is 5.10 Å². The Bertz CT molecular complexity index is 980. The first-order valence-electron chi connectivity index (χ1n) is 9.40. The highest BCUT2D eigenvalue weighted by atomic mass is 19.1. The smallest absolute Gasteiger partial charge is 0.256 e. The van der Waals surface area contributed by atoms with E-state index in [9.17, 15) is 9.18 Å². The zero-order chi connectivity index (χ0) is 19.5. The van der Waals surface area contributed by atoms with Crippen LogP contribution in [-0.2, 0) is 6.54 Å². The van der Waals surface area contributed by atoms with Crippen LogP contribution in [0.15, 0.2) is 42.7 Å². The van der Waals surface area contributed by atoms with Gasteiger partial charge in [0.05, 0.1) is 6.20 Å². The SMILES string of the molecule is CN1CCC(NC(=O)c2cnn3ccc(NCc4cccc(F)c4)nc23)CC1. The van der Waals surface area contributed by atoms with Crippen LogP contribution in [0.4, 0.5) is 10.2 Å². The maximum absolute atomic E-state index is 13.3. The third kappa shape index (κ3) is 4.12. The molecule has 28 heavy (non-hydrogen) atoms. The monoisotopic (exact) mass is 382 g/mol. The van der Waals surface area contributed by atoms with E-state index < -0.39 is 0 Å². The highest BCUT2D eigenvalue weighted by molar-refractivity contribution is 5.99. The minimum absolute atomic E-state index is 0.153. The molecule has 1 amide bonds. The lowest BCUT2D eigenvalue weighted by Crippen LogP contribution is -2.43. The van der Waals surface area contributed by atoms with Crippen molar-refractivity contribution in [1.82, 2.24) is 24.8 Å². The van der Waals surface area contributed by atoms with Crippen molar-refractivity contribution in [2.75, 3.05) is 25.5 Å². The molecule has 0 spiro atoms. The molecule has 1 aromatic carbocycles. The standard InChI is InChI=1S/C20H23FN6O/c1-26-8-5-16(6-9-26)24-20(28)17-13-23-27-10-7-18(25-19(17)27)22-12-14-3-2-4-15(21)11-14/h2-4,7,10-11,13,16H,5-6,8-9,12H2,1H3,(H,22,25)(H,24,28). The van der Waals surface area contributed by atoms with Gasteiger partial charge in [0.1, 0.15) is 17.2 Å². The van der Waals surface area contributed by atoms with Crippen molar-refractivity contribution in [3.8, 4) is 0 Å². The molecule has 1 aliphatic rings. The van der Waals surface area contributed by atoms with Crippen LogP contribution in [0.1, 0.15) is 28.8 Å². The van der Waals surface area contributed by atoms with Gasteiger partial charge >= 0.3 is 0 Å². The summed E-state index contributed by atoms with van der Waals surface area (Å²) in [5.74, 6) is 0.177. The van der Waals surface area contributed by atoms with Crippen molar-refractivity contribution in [3.63, 3.8) is 0 Å². The van der Waals surface area contributed by atoms with Gasteiger partial charge in [-0.25, -0.2) is 13.9 Å². The van der Waals surface area contributed by atoms with Gasteiger partial charge in [0.2, 0.25) is 0 Å². The average Bonchev–Trinajstić information content (AvgIpc) is 3.11. The number of carbonyl (C=O) groups is 1. The van der Waals surface area contributed by atoms with Crippen molar-refractivity contribution in [2.45, 2.75) is 25.4 Å². The van der Waals surface area contributed by atoms with Crippen LogP contribution in [0.3, 0.4) is 0 Å². The van der Waals surface area contributed by atoms with E-state index in [0.29, 0.717) is 23.6 Å². The Morgan fingerprint density at radius 1 is 1.29 bits per heavy atom. The molecule has 0 radical (unpaired) electrons. The van der Waals surface area contributed by atoms with Gasteiger partial charge in [-0.15, -0.1) is 0 Å². The van der Waals surface area contributed by atoms with Crippen LogP contribution in [0.25, 0.3) is 5.65 Å². The highest BCUT2D eigenvalue weighted by Gasteiger charge is 2.21. The Hall–Kier alpha value is -3.00. The molecular weight excluding hydrogens is 359 g/mol. The average molecular weight is 382 g/mol. The minimum atomic E-state index is -0.272. The third-order valence-corrected chi connectivity index (χ3v) is 5.03. The zero-order valence-corrected chi connectivity index (χ0v) is 15.7. The molecule has 0 saturated carbocycles. The lowest BCUT2D eigenvalue weighted by Gasteiger charge is -2.29. The Morgan fingerprint density at radius 3 is 2.89 bits per heavy atom. The van der Waals surface area contributed by atoms with Gasteiger partial charge in [-0.1, -0.05) is 12.1 Å². The van der Waals surface area contributed by atoms with Crippen molar-refractivity contribution >= 4 is 17.4 Å². The van der Waals surface area contributed by atoms with Crippen molar-refractivity contribution < 1.29 is 9.18 Å². The van der Waals surface area contributed by atoms with E-state index in [1.165, 1.54) is 12.1 Å². The number of anilines is 1. The summed E-state index contributed by atoms with van der Waals surface area (Å²) in [6, 6.07) is 8.35. The molecule has 0 atom stereocenters. The quantitative estimate of drug-likeness (QED) is 0.708. The number of carbonyl (C=O) groups excluding carboxylic acids is 1. The van der Waals surface area contributed by atoms with E-state index in [-0.39, 0.29) is 17.8 Å². The number of hydrogen-bond acceptors (Lipinski definition) is 5.